The van der Waals surface area contributed by atoms with Crippen LogP contribution in [0.1, 0.15) is 35.8 Å². The zero-order valence-corrected chi connectivity index (χ0v) is 11.8. The SMILES string of the molecule is CN1C[C@H](C(N)=O)CC2c3cccc4c3C(CN4)C[C@H]21. The van der Waals surface area contributed by atoms with Gasteiger partial charge in [-0.2, -0.15) is 0 Å². The van der Waals surface area contributed by atoms with Gasteiger partial charge in [-0.05, 0) is 37.1 Å². The molecule has 3 aliphatic rings. The number of likely N-dealkylation sites (N-methyl/N-ethyl adjacent to an activating group) is 1. The first-order valence-electron chi connectivity index (χ1n) is 7.51. The summed E-state index contributed by atoms with van der Waals surface area (Å²) in [4.78, 5) is 14.0. The average Bonchev–Trinajstić information content (AvgIpc) is 2.84. The molecule has 1 aliphatic carbocycles. The third-order valence-electron chi connectivity index (χ3n) is 5.49. The number of hydrogen-bond acceptors (Lipinski definition) is 3. The smallest absolute Gasteiger partial charge is 0.221 e. The zero-order chi connectivity index (χ0) is 13.9. The largest absolute Gasteiger partial charge is 0.384 e. The molecule has 1 saturated heterocycles. The van der Waals surface area contributed by atoms with Crippen molar-refractivity contribution in [1.29, 1.82) is 0 Å². The molecule has 4 heteroatoms. The number of piperidine rings is 1. The lowest BCUT2D eigenvalue weighted by atomic mass is 9.68. The lowest BCUT2D eigenvalue weighted by Crippen LogP contribution is -2.50. The molecule has 3 N–H and O–H groups in total. The molecule has 2 heterocycles. The zero-order valence-electron chi connectivity index (χ0n) is 11.8. The number of nitrogens with two attached hydrogens (primary N) is 1. The number of nitrogens with one attached hydrogen (secondary N) is 1. The monoisotopic (exact) mass is 271 g/mol. The van der Waals surface area contributed by atoms with Crippen molar-refractivity contribution in [3.8, 4) is 0 Å². The molecule has 2 aliphatic heterocycles. The second kappa shape index (κ2) is 4.22. The lowest BCUT2D eigenvalue weighted by molar-refractivity contribution is -0.124. The van der Waals surface area contributed by atoms with E-state index in [1.807, 2.05) is 0 Å². The normalized spacial score (nSPS) is 35.0. The van der Waals surface area contributed by atoms with Gasteiger partial charge in [-0.25, -0.2) is 0 Å². The minimum atomic E-state index is -0.150. The molecule has 106 valence electrons. The van der Waals surface area contributed by atoms with Crippen molar-refractivity contribution in [2.45, 2.75) is 30.7 Å². The number of benzene rings is 1. The van der Waals surface area contributed by atoms with E-state index in [2.05, 4.69) is 35.5 Å². The van der Waals surface area contributed by atoms with Crippen molar-refractivity contribution in [2.75, 3.05) is 25.5 Å². The van der Waals surface area contributed by atoms with Crippen molar-refractivity contribution >= 4 is 11.6 Å². The maximum atomic E-state index is 11.6. The number of amides is 1. The molecule has 1 aromatic rings. The Hall–Kier alpha value is -1.55. The Morgan fingerprint density at radius 1 is 1.40 bits per heavy atom. The topological polar surface area (TPSA) is 58.4 Å². The molecule has 0 spiro atoms. The van der Waals surface area contributed by atoms with Crippen LogP contribution in [0.25, 0.3) is 0 Å². The number of carbonyl (C=O) groups excluding carboxylic acids is 1. The molecule has 0 radical (unpaired) electrons. The minimum absolute atomic E-state index is 0.0111. The third-order valence-corrected chi connectivity index (χ3v) is 5.49. The Labute approximate surface area is 119 Å². The maximum absolute atomic E-state index is 11.6. The van der Waals surface area contributed by atoms with Crippen LogP contribution in [-0.4, -0.2) is 37.0 Å². The number of fused-ring (bicyclic) bond motifs is 2. The van der Waals surface area contributed by atoms with E-state index in [4.69, 9.17) is 5.73 Å². The molecule has 0 bridgehead atoms. The predicted octanol–water partition coefficient (Wildman–Crippen LogP) is 1.49. The molecule has 1 aromatic carbocycles. The highest BCUT2D eigenvalue weighted by Crippen LogP contribution is 2.50. The Morgan fingerprint density at radius 2 is 2.25 bits per heavy atom. The van der Waals surface area contributed by atoms with Gasteiger partial charge in [0.15, 0.2) is 0 Å². The third kappa shape index (κ3) is 1.61. The second-order valence-electron chi connectivity index (χ2n) is 6.57. The number of nitrogens with zero attached hydrogens (tertiary/aromatic N) is 1. The molecule has 20 heavy (non-hydrogen) atoms. The Balaban J connectivity index is 1.78. The van der Waals surface area contributed by atoms with Gasteiger partial charge in [-0.3, -0.25) is 4.79 Å². The highest BCUT2D eigenvalue weighted by molar-refractivity contribution is 5.77. The van der Waals surface area contributed by atoms with Gasteiger partial charge in [0, 0.05) is 36.7 Å². The van der Waals surface area contributed by atoms with E-state index in [1.54, 1.807) is 0 Å². The van der Waals surface area contributed by atoms with Crippen LogP contribution in [0.5, 0.6) is 0 Å². The summed E-state index contributed by atoms with van der Waals surface area (Å²) in [5.41, 5.74) is 9.82. The molecule has 4 atom stereocenters. The first kappa shape index (κ1) is 12.2. The summed E-state index contributed by atoms with van der Waals surface area (Å²) < 4.78 is 0. The van der Waals surface area contributed by atoms with Crippen LogP contribution in [0, 0.1) is 5.92 Å². The number of anilines is 1. The van der Waals surface area contributed by atoms with Crippen LogP contribution in [0.15, 0.2) is 18.2 Å². The molecule has 1 fully saturated rings. The molecule has 2 unspecified atom stereocenters. The van der Waals surface area contributed by atoms with Crippen molar-refractivity contribution < 1.29 is 4.79 Å². The predicted molar refractivity (Wildman–Crippen MR) is 78.8 cm³/mol. The fourth-order valence-electron chi connectivity index (χ4n) is 4.56. The second-order valence-corrected chi connectivity index (χ2v) is 6.57. The van der Waals surface area contributed by atoms with Gasteiger partial charge in [-0.1, -0.05) is 12.1 Å². The summed E-state index contributed by atoms with van der Waals surface area (Å²) in [6, 6.07) is 7.13. The Kier molecular flexibility index (Phi) is 2.58. The minimum Gasteiger partial charge on any atom is -0.384 e. The quantitative estimate of drug-likeness (QED) is 0.813. The van der Waals surface area contributed by atoms with Gasteiger partial charge < -0.3 is 16.0 Å². The van der Waals surface area contributed by atoms with Crippen LogP contribution in [0.2, 0.25) is 0 Å². The molecule has 1 amide bonds. The van der Waals surface area contributed by atoms with E-state index in [0.717, 1.165) is 19.5 Å². The van der Waals surface area contributed by atoms with E-state index >= 15 is 0 Å². The molecular formula is C16H21N3O. The van der Waals surface area contributed by atoms with Crippen LogP contribution in [0.3, 0.4) is 0 Å². The van der Waals surface area contributed by atoms with Crippen molar-refractivity contribution in [3.63, 3.8) is 0 Å². The molecule has 4 rings (SSSR count). The van der Waals surface area contributed by atoms with E-state index in [9.17, 15) is 4.79 Å². The standard InChI is InChI=1S/C16H21N3O/c1-19-8-10(16(17)20)5-12-11-3-2-4-13-15(11)9(7-18-13)6-14(12)19/h2-4,9-10,12,14,18H,5-8H2,1H3,(H2,17,20)/t9?,10-,12?,14-/m1/s1. The Bertz CT molecular complexity index is 571. The molecule has 4 nitrogen and oxygen atoms in total. The van der Waals surface area contributed by atoms with Gasteiger partial charge in [0.25, 0.3) is 0 Å². The number of rotatable bonds is 1. The highest BCUT2D eigenvalue weighted by Gasteiger charge is 2.44. The van der Waals surface area contributed by atoms with Gasteiger partial charge in [0.05, 0.1) is 5.92 Å². The van der Waals surface area contributed by atoms with Crippen LogP contribution in [0.4, 0.5) is 5.69 Å². The summed E-state index contributed by atoms with van der Waals surface area (Å²) in [5, 5.41) is 3.53. The summed E-state index contributed by atoms with van der Waals surface area (Å²) in [5.74, 6) is 0.929. The lowest BCUT2D eigenvalue weighted by Gasteiger charge is -2.46. The summed E-state index contributed by atoms with van der Waals surface area (Å²) in [6.07, 6.45) is 2.11. The van der Waals surface area contributed by atoms with Crippen LogP contribution in [-0.2, 0) is 4.79 Å². The average molecular weight is 271 g/mol. The number of primary amides is 1. The van der Waals surface area contributed by atoms with Crippen molar-refractivity contribution in [3.05, 3.63) is 29.3 Å². The molecular weight excluding hydrogens is 250 g/mol. The number of carbonyl (C=O) groups is 1. The fraction of sp³-hybridized carbons (Fsp3) is 0.562. The van der Waals surface area contributed by atoms with E-state index in [0.29, 0.717) is 17.9 Å². The van der Waals surface area contributed by atoms with Crippen LogP contribution < -0.4 is 11.1 Å². The van der Waals surface area contributed by atoms with Gasteiger partial charge >= 0.3 is 0 Å². The highest BCUT2D eigenvalue weighted by atomic mass is 16.1. The van der Waals surface area contributed by atoms with Gasteiger partial charge in [-0.15, -0.1) is 0 Å². The van der Waals surface area contributed by atoms with Crippen molar-refractivity contribution in [2.24, 2.45) is 11.7 Å². The summed E-state index contributed by atoms with van der Waals surface area (Å²) in [6.45, 7) is 1.87. The first-order valence-corrected chi connectivity index (χ1v) is 7.51. The van der Waals surface area contributed by atoms with Gasteiger partial charge in [0.2, 0.25) is 5.91 Å². The molecule has 0 saturated carbocycles. The van der Waals surface area contributed by atoms with Crippen molar-refractivity contribution in [1.82, 2.24) is 4.90 Å². The first-order chi connectivity index (χ1) is 9.65. The summed E-state index contributed by atoms with van der Waals surface area (Å²) in [7, 11) is 2.14. The summed E-state index contributed by atoms with van der Waals surface area (Å²) >= 11 is 0. The van der Waals surface area contributed by atoms with Crippen LogP contribution >= 0.6 is 0 Å². The van der Waals surface area contributed by atoms with Gasteiger partial charge in [0.1, 0.15) is 0 Å². The number of hydrogen-bond donors (Lipinski definition) is 2. The number of likely N-dealkylation sites (tertiary alicyclic amines) is 1. The van der Waals surface area contributed by atoms with E-state index in [-0.39, 0.29) is 11.8 Å². The van der Waals surface area contributed by atoms with E-state index in [1.165, 1.54) is 23.2 Å². The van der Waals surface area contributed by atoms with E-state index < -0.39 is 0 Å². The fourth-order valence-corrected chi connectivity index (χ4v) is 4.56. The Morgan fingerprint density at radius 3 is 3.05 bits per heavy atom. The molecule has 0 aromatic heterocycles. The maximum Gasteiger partial charge on any atom is 0.221 e.